The number of anilines is 1. The maximum Gasteiger partial charge on any atom is 0.312 e. The molecule has 0 saturated heterocycles. The SMILES string of the molecule is O=C(O)CC(=O)Nc1ccc(-n2cnnn2)cc1. The molecule has 0 unspecified atom stereocenters. The van der Waals surface area contributed by atoms with Gasteiger partial charge < -0.3 is 10.4 Å². The molecule has 8 nitrogen and oxygen atoms in total. The van der Waals surface area contributed by atoms with E-state index in [-0.39, 0.29) is 0 Å². The average molecular weight is 247 g/mol. The first-order valence-electron chi connectivity index (χ1n) is 5.00. The van der Waals surface area contributed by atoms with E-state index in [1.807, 2.05) is 0 Å². The minimum absolute atomic E-state index is 0.512. The Labute approximate surface area is 101 Å². The van der Waals surface area contributed by atoms with Crippen LogP contribution in [-0.4, -0.2) is 37.2 Å². The molecule has 0 aliphatic heterocycles. The molecule has 0 aliphatic rings. The molecule has 0 saturated carbocycles. The van der Waals surface area contributed by atoms with E-state index in [2.05, 4.69) is 20.8 Å². The molecule has 0 radical (unpaired) electrons. The highest BCUT2D eigenvalue weighted by Gasteiger charge is 2.07. The standard InChI is InChI=1S/C10H9N5O3/c16-9(5-10(17)18)12-7-1-3-8(4-2-7)15-6-11-13-14-15/h1-4,6H,5H2,(H,12,16)(H,17,18). The van der Waals surface area contributed by atoms with Crippen LogP contribution in [0.25, 0.3) is 5.69 Å². The normalized spacial score (nSPS) is 10.0. The fraction of sp³-hybridized carbons (Fsp3) is 0.100. The number of hydrogen-bond acceptors (Lipinski definition) is 5. The third-order valence-electron chi connectivity index (χ3n) is 2.08. The van der Waals surface area contributed by atoms with E-state index >= 15 is 0 Å². The van der Waals surface area contributed by atoms with Gasteiger partial charge in [0, 0.05) is 5.69 Å². The Hall–Kier alpha value is -2.77. The van der Waals surface area contributed by atoms with Gasteiger partial charge in [0.25, 0.3) is 0 Å². The lowest BCUT2D eigenvalue weighted by Crippen LogP contribution is -2.15. The summed E-state index contributed by atoms with van der Waals surface area (Å²) in [6.07, 6.45) is 0.882. The molecule has 8 heteroatoms. The predicted molar refractivity (Wildman–Crippen MR) is 60.0 cm³/mol. The zero-order valence-corrected chi connectivity index (χ0v) is 9.15. The fourth-order valence-corrected chi connectivity index (χ4v) is 1.32. The largest absolute Gasteiger partial charge is 0.481 e. The summed E-state index contributed by atoms with van der Waals surface area (Å²) in [6.45, 7) is 0. The second-order valence-electron chi connectivity index (χ2n) is 3.42. The highest BCUT2D eigenvalue weighted by molar-refractivity contribution is 6.01. The Bertz CT molecular complexity index is 549. The Morgan fingerprint density at radius 3 is 2.56 bits per heavy atom. The van der Waals surface area contributed by atoms with Gasteiger partial charge in [-0.2, -0.15) is 0 Å². The van der Waals surface area contributed by atoms with Crippen LogP contribution in [0, 0.1) is 0 Å². The number of carboxylic acid groups (broad SMARTS) is 1. The van der Waals surface area contributed by atoms with E-state index in [0.717, 1.165) is 5.69 Å². The minimum Gasteiger partial charge on any atom is -0.481 e. The lowest BCUT2D eigenvalue weighted by Gasteiger charge is -2.04. The van der Waals surface area contributed by atoms with Crippen molar-refractivity contribution in [3.63, 3.8) is 0 Å². The number of carbonyl (C=O) groups is 2. The lowest BCUT2D eigenvalue weighted by molar-refractivity contribution is -0.139. The van der Waals surface area contributed by atoms with Crippen molar-refractivity contribution in [3.05, 3.63) is 30.6 Å². The van der Waals surface area contributed by atoms with Crippen LogP contribution < -0.4 is 5.32 Å². The number of tetrazole rings is 1. The van der Waals surface area contributed by atoms with Crippen LogP contribution in [0.4, 0.5) is 5.69 Å². The molecule has 2 rings (SSSR count). The Kier molecular flexibility index (Phi) is 3.28. The van der Waals surface area contributed by atoms with Crippen molar-refractivity contribution < 1.29 is 14.7 Å². The Morgan fingerprint density at radius 1 is 1.28 bits per heavy atom. The van der Waals surface area contributed by atoms with Crippen molar-refractivity contribution in [2.45, 2.75) is 6.42 Å². The van der Waals surface area contributed by atoms with Crippen molar-refractivity contribution >= 4 is 17.6 Å². The summed E-state index contributed by atoms with van der Waals surface area (Å²) in [4.78, 5) is 21.5. The van der Waals surface area contributed by atoms with Gasteiger partial charge in [-0.3, -0.25) is 9.59 Å². The van der Waals surface area contributed by atoms with Crippen LogP contribution in [0.2, 0.25) is 0 Å². The molecule has 0 bridgehead atoms. The first-order valence-corrected chi connectivity index (χ1v) is 5.00. The number of carbonyl (C=O) groups excluding carboxylic acids is 1. The molecular weight excluding hydrogens is 238 g/mol. The third-order valence-corrected chi connectivity index (χ3v) is 2.08. The number of carboxylic acids is 1. The Balaban J connectivity index is 2.04. The number of aromatic nitrogens is 4. The van der Waals surface area contributed by atoms with Crippen molar-refractivity contribution in [2.75, 3.05) is 5.32 Å². The molecule has 92 valence electrons. The quantitative estimate of drug-likeness (QED) is 0.740. The number of hydrogen-bond donors (Lipinski definition) is 2. The number of benzene rings is 1. The minimum atomic E-state index is -1.17. The van der Waals surface area contributed by atoms with Crippen LogP contribution in [-0.2, 0) is 9.59 Å². The topological polar surface area (TPSA) is 110 Å². The van der Waals surface area contributed by atoms with Gasteiger partial charge >= 0.3 is 5.97 Å². The molecule has 1 heterocycles. The van der Waals surface area contributed by atoms with Crippen molar-refractivity contribution in [1.29, 1.82) is 0 Å². The van der Waals surface area contributed by atoms with E-state index in [1.165, 1.54) is 11.0 Å². The molecule has 0 fully saturated rings. The van der Waals surface area contributed by atoms with Crippen molar-refractivity contribution in [1.82, 2.24) is 20.2 Å². The molecular formula is C10H9N5O3. The summed E-state index contributed by atoms with van der Waals surface area (Å²) in [7, 11) is 0. The second-order valence-corrected chi connectivity index (χ2v) is 3.42. The number of rotatable bonds is 4. The molecule has 0 spiro atoms. The predicted octanol–water partition coefficient (Wildman–Crippen LogP) is 0.0755. The number of amides is 1. The van der Waals surface area contributed by atoms with Crippen LogP contribution in [0.1, 0.15) is 6.42 Å². The summed E-state index contributed by atoms with van der Waals surface area (Å²) in [6, 6.07) is 6.67. The van der Waals surface area contributed by atoms with E-state index in [9.17, 15) is 9.59 Å². The average Bonchev–Trinajstić information content (AvgIpc) is 2.82. The number of nitrogens with zero attached hydrogens (tertiary/aromatic N) is 4. The molecule has 18 heavy (non-hydrogen) atoms. The van der Waals surface area contributed by atoms with E-state index in [4.69, 9.17) is 5.11 Å². The van der Waals surface area contributed by atoms with Crippen LogP contribution in [0.3, 0.4) is 0 Å². The molecule has 1 aromatic heterocycles. The van der Waals surface area contributed by atoms with Gasteiger partial charge in [0.05, 0.1) is 5.69 Å². The van der Waals surface area contributed by atoms with Gasteiger partial charge in [-0.15, -0.1) is 5.10 Å². The van der Waals surface area contributed by atoms with Gasteiger partial charge in [0.15, 0.2) is 0 Å². The lowest BCUT2D eigenvalue weighted by atomic mass is 10.2. The molecule has 2 aromatic rings. The van der Waals surface area contributed by atoms with Crippen molar-refractivity contribution in [3.8, 4) is 5.69 Å². The molecule has 2 N–H and O–H groups in total. The monoisotopic (exact) mass is 247 g/mol. The summed E-state index contributed by atoms with van der Waals surface area (Å²) >= 11 is 0. The van der Waals surface area contributed by atoms with Crippen LogP contribution >= 0.6 is 0 Å². The fourth-order valence-electron chi connectivity index (χ4n) is 1.32. The summed E-state index contributed by atoms with van der Waals surface area (Å²) in [5, 5.41) is 21.6. The first-order chi connectivity index (χ1) is 8.65. The molecule has 1 amide bonds. The molecule has 1 aromatic carbocycles. The van der Waals surface area contributed by atoms with Crippen molar-refractivity contribution in [2.24, 2.45) is 0 Å². The van der Waals surface area contributed by atoms with Gasteiger partial charge in [-0.1, -0.05) is 0 Å². The second kappa shape index (κ2) is 5.04. The van der Waals surface area contributed by atoms with Crippen LogP contribution in [0.5, 0.6) is 0 Å². The van der Waals surface area contributed by atoms with E-state index < -0.39 is 18.3 Å². The summed E-state index contributed by atoms with van der Waals surface area (Å²) in [5.41, 5.74) is 1.24. The number of nitrogens with one attached hydrogen (secondary N) is 1. The maximum atomic E-state index is 11.2. The third kappa shape index (κ3) is 2.88. The van der Waals surface area contributed by atoms with Crippen LogP contribution in [0.15, 0.2) is 30.6 Å². The maximum absolute atomic E-state index is 11.2. The number of aliphatic carboxylic acids is 1. The van der Waals surface area contributed by atoms with Gasteiger partial charge in [0.1, 0.15) is 12.7 Å². The van der Waals surface area contributed by atoms with Gasteiger partial charge in [-0.25, -0.2) is 4.68 Å². The smallest absolute Gasteiger partial charge is 0.312 e. The van der Waals surface area contributed by atoms with E-state index in [0.29, 0.717) is 5.69 Å². The zero-order chi connectivity index (χ0) is 13.0. The summed E-state index contributed by atoms with van der Waals surface area (Å²) < 4.78 is 1.46. The highest BCUT2D eigenvalue weighted by Crippen LogP contribution is 2.12. The molecule has 0 aliphatic carbocycles. The summed E-state index contributed by atoms with van der Waals surface area (Å²) in [5.74, 6) is -1.74. The molecule has 0 atom stereocenters. The van der Waals surface area contributed by atoms with Gasteiger partial charge in [0.2, 0.25) is 5.91 Å². The highest BCUT2D eigenvalue weighted by atomic mass is 16.4. The van der Waals surface area contributed by atoms with E-state index in [1.54, 1.807) is 24.3 Å². The first kappa shape index (κ1) is 11.7. The zero-order valence-electron chi connectivity index (χ0n) is 9.15. The van der Waals surface area contributed by atoms with Gasteiger partial charge in [-0.05, 0) is 34.7 Å². The Morgan fingerprint density at radius 2 is 2.00 bits per heavy atom.